The lowest BCUT2D eigenvalue weighted by molar-refractivity contribution is 0.670. The predicted molar refractivity (Wildman–Crippen MR) is 46.2 cm³/mol. The van der Waals surface area contributed by atoms with Gasteiger partial charge in [0.15, 0.2) is 0 Å². The molecule has 0 aromatic carbocycles. The van der Waals surface area contributed by atoms with Crippen LogP contribution in [0.1, 0.15) is 5.69 Å². The molecule has 0 aliphatic rings. The molecule has 12 heavy (non-hydrogen) atoms. The first kappa shape index (κ1) is 7.70. The Morgan fingerprint density at radius 2 is 2.50 bits per heavy atom. The number of rotatable bonds is 2. The Bertz CT molecular complexity index is 355. The standard InChI is InChI=1S/C6H5ClN4S/c7-6-5(9-10-12-6)4-11-3-1-2-8-11/h1-3H,4H2. The molecular weight excluding hydrogens is 196 g/mol. The highest BCUT2D eigenvalue weighted by atomic mass is 35.5. The summed E-state index contributed by atoms with van der Waals surface area (Å²) in [4.78, 5) is 0. The molecule has 2 aromatic rings. The van der Waals surface area contributed by atoms with Crippen LogP contribution in [-0.4, -0.2) is 19.4 Å². The molecule has 2 rings (SSSR count). The van der Waals surface area contributed by atoms with Crippen LogP contribution in [0.2, 0.25) is 4.34 Å². The van der Waals surface area contributed by atoms with Gasteiger partial charge in [-0.15, -0.1) is 5.10 Å². The molecule has 0 aliphatic heterocycles. The Kier molecular flexibility index (Phi) is 2.05. The molecule has 0 saturated carbocycles. The summed E-state index contributed by atoms with van der Waals surface area (Å²) in [5, 5.41) is 7.89. The summed E-state index contributed by atoms with van der Waals surface area (Å²) in [6.07, 6.45) is 3.57. The van der Waals surface area contributed by atoms with E-state index in [4.69, 9.17) is 11.6 Å². The predicted octanol–water partition coefficient (Wildman–Crippen LogP) is 1.44. The number of hydrogen-bond acceptors (Lipinski definition) is 4. The molecule has 0 fully saturated rings. The van der Waals surface area contributed by atoms with Gasteiger partial charge in [0.1, 0.15) is 10.0 Å². The van der Waals surface area contributed by atoms with Crippen LogP contribution in [0.3, 0.4) is 0 Å². The Morgan fingerprint density at radius 3 is 3.08 bits per heavy atom. The van der Waals surface area contributed by atoms with Crippen LogP contribution in [0.5, 0.6) is 0 Å². The smallest absolute Gasteiger partial charge is 0.139 e. The van der Waals surface area contributed by atoms with Crippen LogP contribution in [0.25, 0.3) is 0 Å². The van der Waals surface area contributed by atoms with Gasteiger partial charge in [0.25, 0.3) is 0 Å². The second-order valence-electron chi connectivity index (χ2n) is 2.20. The summed E-state index contributed by atoms with van der Waals surface area (Å²) in [7, 11) is 0. The molecule has 0 spiro atoms. The van der Waals surface area contributed by atoms with Crippen molar-refractivity contribution in [3.63, 3.8) is 0 Å². The second kappa shape index (κ2) is 3.20. The van der Waals surface area contributed by atoms with E-state index in [1.54, 1.807) is 10.9 Å². The first-order chi connectivity index (χ1) is 5.86. The number of hydrogen-bond donors (Lipinski definition) is 0. The SMILES string of the molecule is Clc1snnc1Cn1cccn1. The summed E-state index contributed by atoms with van der Waals surface area (Å²) in [6, 6.07) is 1.85. The fourth-order valence-electron chi connectivity index (χ4n) is 0.839. The number of halogens is 1. The molecule has 0 saturated heterocycles. The van der Waals surface area contributed by atoms with E-state index in [0.717, 1.165) is 5.69 Å². The van der Waals surface area contributed by atoms with Gasteiger partial charge in [-0.1, -0.05) is 16.1 Å². The third-order valence-corrected chi connectivity index (χ3v) is 2.36. The van der Waals surface area contributed by atoms with Gasteiger partial charge >= 0.3 is 0 Å². The van der Waals surface area contributed by atoms with E-state index < -0.39 is 0 Å². The molecule has 0 radical (unpaired) electrons. The fraction of sp³-hybridized carbons (Fsp3) is 0.167. The minimum atomic E-state index is 0.586. The molecule has 0 aliphatic carbocycles. The molecule has 2 heterocycles. The van der Waals surface area contributed by atoms with E-state index >= 15 is 0 Å². The Balaban J connectivity index is 2.20. The molecule has 0 N–H and O–H groups in total. The van der Waals surface area contributed by atoms with Crippen LogP contribution in [0.15, 0.2) is 18.5 Å². The summed E-state index contributed by atoms with van der Waals surface area (Å²) in [5.74, 6) is 0. The zero-order valence-corrected chi connectivity index (χ0v) is 7.59. The van der Waals surface area contributed by atoms with Gasteiger partial charge in [0.05, 0.1) is 6.54 Å². The van der Waals surface area contributed by atoms with Gasteiger partial charge in [-0.3, -0.25) is 4.68 Å². The van der Waals surface area contributed by atoms with E-state index in [-0.39, 0.29) is 0 Å². The molecule has 2 aromatic heterocycles. The number of nitrogens with zero attached hydrogens (tertiary/aromatic N) is 4. The number of aromatic nitrogens is 4. The summed E-state index contributed by atoms with van der Waals surface area (Å²) in [6.45, 7) is 0.586. The maximum atomic E-state index is 5.81. The largest absolute Gasteiger partial charge is 0.267 e. The average Bonchev–Trinajstić information content (AvgIpc) is 2.65. The van der Waals surface area contributed by atoms with E-state index in [9.17, 15) is 0 Å². The topological polar surface area (TPSA) is 43.6 Å². The van der Waals surface area contributed by atoms with Gasteiger partial charge < -0.3 is 0 Å². The Morgan fingerprint density at radius 1 is 1.58 bits per heavy atom. The van der Waals surface area contributed by atoms with Crippen LogP contribution in [-0.2, 0) is 6.54 Å². The van der Waals surface area contributed by atoms with Gasteiger partial charge in [-0.05, 0) is 6.07 Å². The van der Waals surface area contributed by atoms with E-state index in [1.165, 1.54) is 11.5 Å². The third-order valence-electron chi connectivity index (χ3n) is 1.38. The zero-order chi connectivity index (χ0) is 8.39. The van der Waals surface area contributed by atoms with Gasteiger partial charge in [-0.2, -0.15) is 5.10 Å². The minimum Gasteiger partial charge on any atom is -0.267 e. The Hall–Kier alpha value is -0.940. The molecule has 4 nitrogen and oxygen atoms in total. The minimum absolute atomic E-state index is 0.586. The van der Waals surface area contributed by atoms with Crippen molar-refractivity contribution < 1.29 is 0 Å². The molecule has 0 amide bonds. The average molecular weight is 201 g/mol. The van der Waals surface area contributed by atoms with Gasteiger partial charge in [0.2, 0.25) is 0 Å². The van der Waals surface area contributed by atoms with Crippen LogP contribution >= 0.6 is 23.1 Å². The summed E-state index contributed by atoms with van der Waals surface area (Å²) in [5.41, 5.74) is 0.769. The highest BCUT2D eigenvalue weighted by molar-refractivity contribution is 7.10. The third kappa shape index (κ3) is 1.46. The van der Waals surface area contributed by atoms with Gasteiger partial charge in [-0.25, -0.2) is 0 Å². The van der Waals surface area contributed by atoms with E-state index in [0.29, 0.717) is 10.9 Å². The van der Waals surface area contributed by atoms with Crippen LogP contribution in [0.4, 0.5) is 0 Å². The molecule has 0 unspecified atom stereocenters. The molecular formula is C6H5ClN4S. The lowest BCUT2D eigenvalue weighted by atomic mass is 10.5. The monoisotopic (exact) mass is 200 g/mol. The van der Waals surface area contributed by atoms with E-state index in [1.807, 2.05) is 12.3 Å². The van der Waals surface area contributed by atoms with Crippen molar-refractivity contribution in [3.8, 4) is 0 Å². The molecule has 0 atom stereocenters. The first-order valence-electron chi connectivity index (χ1n) is 3.30. The van der Waals surface area contributed by atoms with Gasteiger partial charge in [0, 0.05) is 23.9 Å². The van der Waals surface area contributed by atoms with Crippen LogP contribution in [0, 0.1) is 0 Å². The van der Waals surface area contributed by atoms with Crippen LogP contribution < -0.4 is 0 Å². The lowest BCUT2D eigenvalue weighted by Crippen LogP contribution is -2.00. The first-order valence-corrected chi connectivity index (χ1v) is 4.45. The van der Waals surface area contributed by atoms with Crippen molar-refractivity contribution in [1.29, 1.82) is 0 Å². The highest BCUT2D eigenvalue weighted by Crippen LogP contribution is 2.17. The van der Waals surface area contributed by atoms with Crippen molar-refractivity contribution in [1.82, 2.24) is 19.4 Å². The molecule has 6 heteroatoms. The van der Waals surface area contributed by atoms with E-state index in [2.05, 4.69) is 14.7 Å². The highest BCUT2D eigenvalue weighted by Gasteiger charge is 2.04. The van der Waals surface area contributed by atoms with Crippen molar-refractivity contribution in [2.24, 2.45) is 0 Å². The second-order valence-corrected chi connectivity index (χ2v) is 3.55. The van der Waals surface area contributed by atoms with Crippen molar-refractivity contribution >= 4 is 23.1 Å². The maximum Gasteiger partial charge on any atom is 0.139 e. The summed E-state index contributed by atoms with van der Waals surface area (Å²) >= 11 is 7.00. The van der Waals surface area contributed by atoms with Crippen molar-refractivity contribution in [2.45, 2.75) is 6.54 Å². The molecule has 0 bridgehead atoms. The fourth-order valence-corrected chi connectivity index (χ4v) is 1.45. The quantitative estimate of drug-likeness (QED) is 0.737. The van der Waals surface area contributed by atoms with Crippen molar-refractivity contribution in [2.75, 3.05) is 0 Å². The normalized spacial score (nSPS) is 10.4. The lowest BCUT2D eigenvalue weighted by Gasteiger charge is -1.95. The summed E-state index contributed by atoms with van der Waals surface area (Å²) < 4.78 is 6.10. The Labute approximate surface area is 78.0 Å². The maximum absolute atomic E-state index is 5.81. The molecule has 62 valence electrons. The zero-order valence-electron chi connectivity index (χ0n) is 6.01. The van der Waals surface area contributed by atoms with Crippen molar-refractivity contribution in [3.05, 3.63) is 28.5 Å².